The van der Waals surface area contributed by atoms with E-state index in [0.29, 0.717) is 5.92 Å². The highest BCUT2D eigenvalue weighted by Gasteiger charge is 2.41. The molecule has 2 fully saturated rings. The molecular weight excluding hydrogens is 238 g/mol. The number of nitrogens with zero attached hydrogens (tertiary/aromatic N) is 1. The quantitative estimate of drug-likeness (QED) is 0.760. The van der Waals surface area contributed by atoms with Crippen molar-refractivity contribution in [1.82, 2.24) is 4.90 Å². The molecule has 3 nitrogen and oxygen atoms in total. The van der Waals surface area contributed by atoms with Gasteiger partial charge in [0, 0.05) is 13.1 Å². The van der Waals surface area contributed by atoms with Gasteiger partial charge in [0.25, 0.3) is 0 Å². The molecule has 0 radical (unpaired) electrons. The molecule has 1 aliphatic heterocycles. The van der Waals surface area contributed by atoms with E-state index in [-0.39, 0.29) is 11.7 Å². The van der Waals surface area contributed by atoms with Gasteiger partial charge in [0.1, 0.15) is 5.60 Å². The second kappa shape index (κ2) is 6.62. The molecule has 1 atom stereocenters. The van der Waals surface area contributed by atoms with Gasteiger partial charge in [-0.05, 0) is 57.3 Å². The molecule has 1 aliphatic carbocycles. The van der Waals surface area contributed by atoms with E-state index in [0.717, 1.165) is 45.2 Å². The van der Waals surface area contributed by atoms with Crippen LogP contribution >= 0.6 is 0 Å². The second-order valence-corrected chi connectivity index (χ2v) is 6.35. The molecule has 2 aliphatic rings. The highest BCUT2D eigenvalue weighted by molar-refractivity contribution is 5.68. The Morgan fingerprint density at radius 1 is 1.11 bits per heavy atom. The van der Waals surface area contributed by atoms with E-state index < -0.39 is 0 Å². The molecule has 1 unspecified atom stereocenters. The molecule has 1 saturated heterocycles. The van der Waals surface area contributed by atoms with Crippen molar-refractivity contribution in [3.63, 3.8) is 0 Å². The molecule has 1 heterocycles. The van der Waals surface area contributed by atoms with Crippen molar-refractivity contribution in [1.29, 1.82) is 0 Å². The van der Waals surface area contributed by atoms with Crippen LogP contribution in [0.4, 0.5) is 4.79 Å². The first-order valence-corrected chi connectivity index (χ1v) is 8.16. The third kappa shape index (κ3) is 3.43. The topological polar surface area (TPSA) is 29.5 Å². The Morgan fingerprint density at radius 3 is 2.26 bits per heavy atom. The lowest BCUT2D eigenvalue weighted by molar-refractivity contribution is -0.0706. The first-order valence-electron chi connectivity index (χ1n) is 8.16. The number of hydrogen-bond acceptors (Lipinski definition) is 2. The number of ether oxygens (including phenoxy) is 1. The summed E-state index contributed by atoms with van der Waals surface area (Å²) < 4.78 is 6.06. The third-order valence-corrected chi connectivity index (χ3v) is 5.12. The molecule has 1 saturated carbocycles. The minimum atomic E-state index is -0.179. The average molecular weight is 267 g/mol. The van der Waals surface area contributed by atoms with Crippen LogP contribution in [0.2, 0.25) is 0 Å². The fraction of sp³-hybridized carbons (Fsp3) is 0.938. The number of piperidine rings is 1. The van der Waals surface area contributed by atoms with Crippen LogP contribution in [0.1, 0.15) is 71.6 Å². The van der Waals surface area contributed by atoms with Crippen molar-refractivity contribution >= 4 is 6.09 Å². The van der Waals surface area contributed by atoms with Crippen molar-refractivity contribution in [3.05, 3.63) is 0 Å². The van der Waals surface area contributed by atoms with E-state index in [9.17, 15) is 4.79 Å². The zero-order valence-corrected chi connectivity index (χ0v) is 12.6. The van der Waals surface area contributed by atoms with E-state index in [2.05, 4.69) is 13.8 Å². The fourth-order valence-corrected chi connectivity index (χ4v) is 3.53. The summed E-state index contributed by atoms with van der Waals surface area (Å²) in [4.78, 5) is 14.3. The summed E-state index contributed by atoms with van der Waals surface area (Å²) in [6.07, 6.45) is 10.4. The van der Waals surface area contributed by atoms with Gasteiger partial charge in [-0.1, -0.05) is 20.3 Å². The van der Waals surface area contributed by atoms with E-state index >= 15 is 0 Å². The van der Waals surface area contributed by atoms with Gasteiger partial charge in [0.2, 0.25) is 0 Å². The normalized spacial score (nSPS) is 24.8. The summed E-state index contributed by atoms with van der Waals surface area (Å²) in [6.45, 7) is 6.22. The zero-order valence-electron chi connectivity index (χ0n) is 12.6. The van der Waals surface area contributed by atoms with Gasteiger partial charge < -0.3 is 9.64 Å². The predicted octanol–water partition coefficient (Wildman–Crippen LogP) is 4.36. The van der Waals surface area contributed by atoms with E-state index in [4.69, 9.17) is 4.74 Å². The molecule has 0 aromatic heterocycles. The summed E-state index contributed by atoms with van der Waals surface area (Å²) >= 11 is 0. The monoisotopic (exact) mass is 267 g/mol. The SMILES string of the molecule is CCC(C)C1(OC(=O)N2CCCCC2)CCCCC1. The fourth-order valence-electron chi connectivity index (χ4n) is 3.53. The van der Waals surface area contributed by atoms with E-state index in [1.54, 1.807) is 0 Å². The van der Waals surface area contributed by atoms with Gasteiger partial charge in [-0.25, -0.2) is 4.79 Å². The van der Waals surface area contributed by atoms with E-state index in [1.807, 2.05) is 4.90 Å². The predicted molar refractivity (Wildman–Crippen MR) is 77.2 cm³/mol. The summed E-state index contributed by atoms with van der Waals surface area (Å²) in [5, 5.41) is 0. The molecule has 0 N–H and O–H groups in total. The highest BCUT2D eigenvalue weighted by Crippen LogP contribution is 2.39. The molecule has 2 rings (SSSR count). The average Bonchev–Trinajstić information content (AvgIpc) is 2.48. The summed E-state index contributed by atoms with van der Waals surface area (Å²) in [6, 6.07) is 0. The lowest BCUT2D eigenvalue weighted by atomic mass is 9.75. The second-order valence-electron chi connectivity index (χ2n) is 6.35. The molecule has 0 aromatic rings. The zero-order chi connectivity index (χ0) is 13.7. The summed E-state index contributed by atoms with van der Waals surface area (Å²) in [5.41, 5.74) is -0.179. The van der Waals surface area contributed by atoms with Gasteiger partial charge in [-0.15, -0.1) is 0 Å². The van der Waals surface area contributed by atoms with E-state index in [1.165, 1.54) is 25.7 Å². The van der Waals surface area contributed by atoms with Crippen LogP contribution in [0.25, 0.3) is 0 Å². The molecule has 110 valence electrons. The van der Waals surface area contributed by atoms with Crippen LogP contribution in [0.5, 0.6) is 0 Å². The van der Waals surface area contributed by atoms with Gasteiger partial charge in [0.15, 0.2) is 0 Å². The van der Waals surface area contributed by atoms with Gasteiger partial charge in [0.05, 0.1) is 0 Å². The van der Waals surface area contributed by atoms with Crippen LogP contribution in [-0.4, -0.2) is 29.7 Å². The first-order chi connectivity index (χ1) is 9.18. The maximum Gasteiger partial charge on any atom is 0.410 e. The minimum Gasteiger partial charge on any atom is -0.443 e. The standard InChI is InChI=1S/C16H29NO2/c1-3-14(2)16(10-6-4-7-11-16)19-15(18)17-12-8-5-9-13-17/h14H,3-13H2,1-2H3. The van der Waals surface area contributed by atoms with Crippen molar-refractivity contribution in [2.24, 2.45) is 5.92 Å². The van der Waals surface area contributed by atoms with Crippen molar-refractivity contribution in [2.45, 2.75) is 77.2 Å². The molecule has 0 spiro atoms. The summed E-state index contributed by atoms with van der Waals surface area (Å²) in [7, 11) is 0. The number of rotatable bonds is 3. The van der Waals surface area contributed by atoms with Crippen molar-refractivity contribution in [3.8, 4) is 0 Å². The van der Waals surface area contributed by atoms with Crippen LogP contribution in [0, 0.1) is 5.92 Å². The van der Waals surface area contributed by atoms with Crippen LogP contribution < -0.4 is 0 Å². The number of likely N-dealkylation sites (tertiary alicyclic amines) is 1. The lowest BCUT2D eigenvalue weighted by Crippen LogP contribution is -2.47. The Bertz CT molecular complexity index is 291. The Balaban J connectivity index is 2.00. The molecule has 0 aromatic carbocycles. The molecular formula is C16H29NO2. The first kappa shape index (κ1) is 14.7. The maximum absolute atomic E-state index is 12.4. The Kier molecular flexibility index (Phi) is 5.12. The smallest absolute Gasteiger partial charge is 0.410 e. The Hall–Kier alpha value is -0.730. The molecule has 19 heavy (non-hydrogen) atoms. The molecule has 0 bridgehead atoms. The van der Waals surface area contributed by atoms with Crippen LogP contribution in [0.3, 0.4) is 0 Å². The van der Waals surface area contributed by atoms with Crippen LogP contribution in [0.15, 0.2) is 0 Å². The molecule has 3 heteroatoms. The largest absolute Gasteiger partial charge is 0.443 e. The molecule has 1 amide bonds. The van der Waals surface area contributed by atoms with Gasteiger partial charge >= 0.3 is 6.09 Å². The Morgan fingerprint density at radius 2 is 1.68 bits per heavy atom. The van der Waals surface area contributed by atoms with Crippen molar-refractivity contribution < 1.29 is 9.53 Å². The number of carbonyl (C=O) groups is 1. The number of hydrogen-bond donors (Lipinski definition) is 0. The minimum absolute atomic E-state index is 0.0538. The van der Waals surface area contributed by atoms with Crippen molar-refractivity contribution in [2.75, 3.05) is 13.1 Å². The maximum atomic E-state index is 12.4. The lowest BCUT2D eigenvalue weighted by Gasteiger charge is -2.42. The third-order valence-electron chi connectivity index (χ3n) is 5.12. The summed E-state index contributed by atoms with van der Waals surface area (Å²) in [5.74, 6) is 0.474. The van der Waals surface area contributed by atoms with Crippen LogP contribution in [-0.2, 0) is 4.74 Å². The van der Waals surface area contributed by atoms with Gasteiger partial charge in [-0.2, -0.15) is 0 Å². The number of carbonyl (C=O) groups excluding carboxylic acids is 1. The highest BCUT2D eigenvalue weighted by atomic mass is 16.6. The van der Waals surface area contributed by atoms with Gasteiger partial charge in [-0.3, -0.25) is 0 Å². The number of amides is 1. The Labute approximate surface area is 117 Å².